The zero-order chi connectivity index (χ0) is 12.4. The second-order valence-electron chi connectivity index (χ2n) is 6.41. The lowest BCUT2D eigenvalue weighted by Crippen LogP contribution is -2.47. The van der Waals surface area contributed by atoms with Gasteiger partial charge < -0.3 is 10.6 Å². The van der Waals surface area contributed by atoms with E-state index in [0.29, 0.717) is 6.54 Å². The van der Waals surface area contributed by atoms with Gasteiger partial charge in [-0.2, -0.15) is 0 Å². The monoisotopic (exact) mass is 262 g/mol. The molecule has 1 aliphatic rings. The van der Waals surface area contributed by atoms with Gasteiger partial charge in [0.15, 0.2) is 0 Å². The molecule has 0 bridgehead atoms. The van der Waals surface area contributed by atoms with Gasteiger partial charge in [0, 0.05) is 20.1 Å². The summed E-state index contributed by atoms with van der Waals surface area (Å²) in [5, 5.41) is 0. The fourth-order valence-electron chi connectivity index (χ4n) is 2.75. The molecule has 0 saturated heterocycles. The van der Waals surface area contributed by atoms with Crippen molar-refractivity contribution in [2.75, 3.05) is 20.1 Å². The number of hydrogen-bond donors (Lipinski definition) is 1. The maximum Gasteiger partial charge on any atom is 0.229 e. The third kappa shape index (κ3) is 4.14. The molecule has 0 atom stereocenters. The Morgan fingerprint density at radius 2 is 1.76 bits per heavy atom. The first kappa shape index (κ1) is 16.7. The zero-order valence-corrected chi connectivity index (χ0v) is 12.4. The van der Waals surface area contributed by atoms with E-state index in [1.54, 1.807) is 0 Å². The van der Waals surface area contributed by atoms with Crippen molar-refractivity contribution in [3.8, 4) is 0 Å². The van der Waals surface area contributed by atoms with Gasteiger partial charge in [-0.3, -0.25) is 4.79 Å². The van der Waals surface area contributed by atoms with Crippen LogP contribution in [0.15, 0.2) is 0 Å². The molecule has 1 rings (SSSR count). The third-order valence-electron chi connectivity index (χ3n) is 3.46. The second kappa shape index (κ2) is 6.05. The number of nitrogens with zero attached hydrogens (tertiary/aromatic N) is 1. The zero-order valence-electron chi connectivity index (χ0n) is 11.6. The lowest BCUT2D eigenvalue weighted by molar-refractivity contribution is -0.141. The van der Waals surface area contributed by atoms with E-state index in [9.17, 15) is 4.79 Å². The Morgan fingerprint density at radius 3 is 2.12 bits per heavy atom. The summed E-state index contributed by atoms with van der Waals surface area (Å²) >= 11 is 0. The van der Waals surface area contributed by atoms with Crippen molar-refractivity contribution in [1.82, 2.24) is 4.90 Å². The first-order chi connectivity index (χ1) is 7.31. The molecule has 1 fully saturated rings. The van der Waals surface area contributed by atoms with Crippen LogP contribution >= 0.6 is 12.4 Å². The average molecular weight is 263 g/mol. The highest BCUT2D eigenvalue weighted by molar-refractivity contribution is 5.85. The molecule has 0 aromatic rings. The van der Waals surface area contributed by atoms with Crippen molar-refractivity contribution in [3.05, 3.63) is 0 Å². The summed E-state index contributed by atoms with van der Waals surface area (Å²) in [7, 11) is 1.91. The van der Waals surface area contributed by atoms with Gasteiger partial charge in [-0.1, -0.05) is 33.6 Å². The molecule has 0 aromatic heterocycles. The summed E-state index contributed by atoms with van der Waals surface area (Å²) in [5.74, 6) is 0.252. The molecule has 0 aliphatic heterocycles. The summed E-state index contributed by atoms with van der Waals surface area (Å²) in [6.07, 6.45) is 4.23. The van der Waals surface area contributed by atoms with E-state index in [0.717, 1.165) is 32.2 Å². The van der Waals surface area contributed by atoms with Gasteiger partial charge in [0.2, 0.25) is 5.91 Å². The van der Waals surface area contributed by atoms with E-state index >= 15 is 0 Å². The summed E-state index contributed by atoms with van der Waals surface area (Å²) in [5.41, 5.74) is 5.73. The number of halogens is 1. The number of amides is 1. The highest BCUT2D eigenvalue weighted by atomic mass is 35.5. The normalized spacial score (nSPS) is 18.6. The Kier molecular flexibility index (Phi) is 5.95. The van der Waals surface area contributed by atoms with Crippen molar-refractivity contribution >= 4 is 18.3 Å². The quantitative estimate of drug-likeness (QED) is 0.849. The molecule has 17 heavy (non-hydrogen) atoms. The molecule has 0 heterocycles. The lowest BCUT2D eigenvalue weighted by Gasteiger charge is -2.34. The lowest BCUT2D eigenvalue weighted by atomic mass is 9.84. The largest absolute Gasteiger partial charge is 0.345 e. The number of nitrogens with two attached hydrogens (primary N) is 1. The Hall–Kier alpha value is -0.280. The molecule has 1 aliphatic carbocycles. The van der Waals surface area contributed by atoms with Gasteiger partial charge in [0.1, 0.15) is 0 Å². The van der Waals surface area contributed by atoms with E-state index < -0.39 is 0 Å². The Bertz CT molecular complexity index is 255. The average Bonchev–Trinajstić information content (AvgIpc) is 2.63. The predicted molar refractivity (Wildman–Crippen MR) is 74.3 cm³/mol. The minimum absolute atomic E-state index is 0. The molecule has 1 saturated carbocycles. The third-order valence-corrected chi connectivity index (χ3v) is 3.46. The van der Waals surface area contributed by atoms with Crippen molar-refractivity contribution in [2.45, 2.75) is 46.5 Å². The number of carbonyl (C=O) groups is 1. The van der Waals surface area contributed by atoms with E-state index in [-0.39, 0.29) is 29.1 Å². The molecule has 0 radical (unpaired) electrons. The summed E-state index contributed by atoms with van der Waals surface area (Å²) in [6.45, 7) is 7.76. The maximum atomic E-state index is 12.4. The summed E-state index contributed by atoms with van der Waals surface area (Å²) in [6, 6.07) is 0. The van der Waals surface area contributed by atoms with Gasteiger partial charge in [-0.25, -0.2) is 0 Å². The molecule has 102 valence electrons. The molecular formula is C13H27ClN2O. The van der Waals surface area contributed by atoms with E-state index in [4.69, 9.17) is 5.73 Å². The topological polar surface area (TPSA) is 46.3 Å². The van der Waals surface area contributed by atoms with Gasteiger partial charge in [-0.15, -0.1) is 12.4 Å². The van der Waals surface area contributed by atoms with Crippen molar-refractivity contribution in [1.29, 1.82) is 0 Å². The Balaban J connectivity index is 0.00000256. The molecule has 0 aromatic carbocycles. The predicted octanol–water partition coefficient (Wildman–Crippen LogP) is 2.43. The van der Waals surface area contributed by atoms with Crippen LogP contribution in [0, 0.1) is 10.8 Å². The van der Waals surface area contributed by atoms with Crippen LogP contribution in [0.3, 0.4) is 0 Å². The van der Waals surface area contributed by atoms with Crippen LogP contribution in [0.5, 0.6) is 0 Å². The highest BCUT2D eigenvalue weighted by Gasteiger charge is 2.41. The molecule has 0 unspecified atom stereocenters. The molecule has 1 amide bonds. The van der Waals surface area contributed by atoms with Crippen LogP contribution in [0.2, 0.25) is 0 Å². The fourth-order valence-corrected chi connectivity index (χ4v) is 2.75. The maximum absolute atomic E-state index is 12.4. The summed E-state index contributed by atoms with van der Waals surface area (Å²) in [4.78, 5) is 14.3. The van der Waals surface area contributed by atoms with Crippen molar-refractivity contribution in [3.63, 3.8) is 0 Å². The van der Waals surface area contributed by atoms with Crippen LogP contribution < -0.4 is 5.73 Å². The number of carbonyl (C=O) groups excluding carboxylic acids is 1. The van der Waals surface area contributed by atoms with Gasteiger partial charge in [-0.05, 0) is 18.3 Å². The smallest absolute Gasteiger partial charge is 0.229 e. The molecule has 4 heteroatoms. The van der Waals surface area contributed by atoms with Crippen molar-refractivity contribution < 1.29 is 4.79 Å². The SMILES string of the molecule is CN(CC(C)(C)C)C(=O)C1(CN)CCCC1.Cl. The molecular weight excluding hydrogens is 236 g/mol. The second-order valence-corrected chi connectivity index (χ2v) is 6.41. The first-order valence-electron chi connectivity index (χ1n) is 6.26. The van der Waals surface area contributed by atoms with Crippen LogP contribution in [-0.2, 0) is 4.79 Å². The molecule has 2 N–H and O–H groups in total. The minimum Gasteiger partial charge on any atom is -0.345 e. The Labute approximate surface area is 112 Å². The highest BCUT2D eigenvalue weighted by Crippen LogP contribution is 2.38. The van der Waals surface area contributed by atoms with Gasteiger partial charge >= 0.3 is 0 Å². The fraction of sp³-hybridized carbons (Fsp3) is 0.923. The molecule has 3 nitrogen and oxygen atoms in total. The molecule has 0 spiro atoms. The first-order valence-corrected chi connectivity index (χ1v) is 6.26. The van der Waals surface area contributed by atoms with E-state index in [2.05, 4.69) is 20.8 Å². The minimum atomic E-state index is -0.250. The Morgan fingerprint density at radius 1 is 1.29 bits per heavy atom. The van der Waals surface area contributed by atoms with Crippen LogP contribution in [0.1, 0.15) is 46.5 Å². The van der Waals surface area contributed by atoms with Crippen molar-refractivity contribution in [2.24, 2.45) is 16.6 Å². The van der Waals surface area contributed by atoms with E-state index in [1.807, 2.05) is 11.9 Å². The number of hydrogen-bond acceptors (Lipinski definition) is 2. The van der Waals surface area contributed by atoms with Gasteiger partial charge in [0.05, 0.1) is 5.41 Å². The van der Waals surface area contributed by atoms with Gasteiger partial charge in [0.25, 0.3) is 0 Å². The van der Waals surface area contributed by atoms with Crippen LogP contribution in [0.25, 0.3) is 0 Å². The standard InChI is InChI=1S/C13H26N2O.ClH/c1-12(2,3)10-15(4)11(16)13(9-14)7-5-6-8-13;/h5-10,14H2,1-4H3;1H. The van der Waals surface area contributed by atoms with Crippen LogP contribution in [-0.4, -0.2) is 30.9 Å². The van der Waals surface area contributed by atoms with Crippen LogP contribution in [0.4, 0.5) is 0 Å². The number of rotatable bonds is 3. The summed E-state index contributed by atoms with van der Waals surface area (Å²) < 4.78 is 0. The van der Waals surface area contributed by atoms with E-state index in [1.165, 1.54) is 0 Å².